The molecule has 146 valence electrons. The Morgan fingerprint density at radius 2 is 2.00 bits per heavy atom. The van der Waals surface area contributed by atoms with E-state index in [9.17, 15) is 4.79 Å². The summed E-state index contributed by atoms with van der Waals surface area (Å²) >= 11 is 0. The number of furan rings is 1. The summed E-state index contributed by atoms with van der Waals surface area (Å²) < 4.78 is 17.0. The number of hydrogen-bond acceptors (Lipinski definition) is 5. The topological polar surface area (TPSA) is 63.9 Å². The molecule has 1 aromatic carbocycles. The number of benzene rings is 1. The van der Waals surface area contributed by atoms with E-state index in [0.29, 0.717) is 19.8 Å². The quantitative estimate of drug-likeness (QED) is 0.772. The first-order valence-corrected chi connectivity index (χ1v) is 9.53. The highest BCUT2D eigenvalue weighted by Gasteiger charge is 2.25. The molecule has 2 heterocycles. The molecule has 1 aliphatic heterocycles. The van der Waals surface area contributed by atoms with Crippen molar-refractivity contribution < 1.29 is 18.7 Å². The molecule has 1 atom stereocenters. The molecule has 1 unspecified atom stereocenters. The summed E-state index contributed by atoms with van der Waals surface area (Å²) in [5.41, 5.74) is 1.10. The van der Waals surface area contributed by atoms with Crippen molar-refractivity contribution >= 4 is 5.91 Å². The van der Waals surface area contributed by atoms with Gasteiger partial charge in [-0.2, -0.15) is 0 Å². The van der Waals surface area contributed by atoms with E-state index < -0.39 is 0 Å². The van der Waals surface area contributed by atoms with E-state index in [-0.39, 0.29) is 18.6 Å². The van der Waals surface area contributed by atoms with Gasteiger partial charge in [0.05, 0.1) is 19.3 Å². The summed E-state index contributed by atoms with van der Waals surface area (Å²) in [7, 11) is 0. The fraction of sp³-hybridized carbons (Fsp3) is 0.476. The van der Waals surface area contributed by atoms with Gasteiger partial charge in [-0.05, 0) is 37.1 Å². The Labute approximate surface area is 160 Å². The van der Waals surface area contributed by atoms with Gasteiger partial charge in [0.1, 0.15) is 17.3 Å². The molecular formula is C21H28N2O4. The third-order valence-electron chi connectivity index (χ3n) is 4.78. The number of morpholine rings is 1. The number of ether oxygens (including phenoxy) is 2. The summed E-state index contributed by atoms with van der Waals surface area (Å²) in [6.07, 6.45) is 0.870. The normalized spacial score (nSPS) is 16.1. The minimum atomic E-state index is -0.137. The SMILES string of the molecule is CCc1ccccc1OCC(=O)NCC(c1ccc(C)o1)N1CCOCC1. The second kappa shape index (κ2) is 9.58. The van der Waals surface area contributed by atoms with Crippen molar-refractivity contribution in [2.24, 2.45) is 0 Å². The molecule has 1 aliphatic rings. The molecule has 3 rings (SSSR count). The highest BCUT2D eigenvalue weighted by Crippen LogP contribution is 2.23. The molecule has 0 spiro atoms. The number of hydrogen-bond donors (Lipinski definition) is 1. The van der Waals surface area contributed by atoms with Gasteiger partial charge in [0.15, 0.2) is 6.61 Å². The molecule has 1 N–H and O–H groups in total. The van der Waals surface area contributed by atoms with E-state index in [2.05, 4.69) is 17.1 Å². The van der Waals surface area contributed by atoms with Crippen LogP contribution in [0.5, 0.6) is 5.75 Å². The van der Waals surface area contributed by atoms with Crippen LogP contribution < -0.4 is 10.1 Å². The first-order chi connectivity index (χ1) is 13.2. The summed E-state index contributed by atoms with van der Waals surface area (Å²) in [6.45, 7) is 7.51. The van der Waals surface area contributed by atoms with E-state index in [1.807, 2.05) is 43.3 Å². The number of para-hydroxylation sites is 1. The Morgan fingerprint density at radius 3 is 2.70 bits per heavy atom. The van der Waals surface area contributed by atoms with E-state index in [1.165, 1.54) is 0 Å². The molecule has 0 aliphatic carbocycles. The van der Waals surface area contributed by atoms with Gasteiger partial charge in [-0.1, -0.05) is 25.1 Å². The lowest BCUT2D eigenvalue weighted by molar-refractivity contribution is -0.123. The average Bonchev–Trinajstić information content (AvgIpc) is 3.13. The largest absolute Gasteiger partial charge is 0.483 e. The van der Waals surface area contributed by atoms with Gasteiger partial charge in [0.25, 0.3) is 5.91 Å². The number of nitrogens with one attached hydrogen (secondary N) is 1. The Bertz CT molecular complexity index is 737. The van der Waals surface area contributed by atoms with Crippen LogP contribution in [0.4, 0.5) is 0 Å². The van der Waals surface area contributed by atoms with Crippen LogP contribution in [0.3, 0.4) is 0 Å². The van der Waals surface area contributed by atoms with Crippen molar-refractivity contribution in [1.82, 2.24) is 10.2 Å². The molecule has 6 heteroatoms. The molecule has 6 nitrogen and oxygen atoms in total. The Balaban J connectivity index is 1.56. The van der Waals surface area contributed by atoms with Crippen LogP contribution in [-0.2, 0) is 16.0 Å². The van der Waals surface area contributed by atoms with Crippen LogP contribution >= 0.6 is 0 Å². The fourth-order valence-corrected chi connectivity index (χ4v) is 3.27. The minimum absolute atomic E-state index is 0.00400. The summed E-state index contributed by atoms with van der Waals surface area (Å²) in [4.78, 5) is 14.6. The lowest BCUT2D eigenvalue weighted by Crippen LogP contribution is -2.44. The Kier molecular flexibility index (Phi) is 6.90. The van der Waals surface area contributed by atoms with Gasteiger partial charge < -0.3 is 19.2 Å². The molecule has 1 fully saturated rings. The summed E-state index contributed by atoms with van der Waals surface area (Å²) in [5, 5.41) is 2.99. The maximum absolute atomic E-state index is 12.3. The van der Waals surface area contributed by atoms with Crippen LogP contribution in [0.15, 0.2) is 40.8 Å². The van der Waals surface area contributed by atoms with Crippen molar-refractivity contribution in [1.29, 1.82) is 0 Å². The van der Waals surface area contributed by atoms with E-state index in [4.69, 9.17) is 13.9 Å². The van der Waals surface area contributed by atoms with Crippen LogP contribution in [0, 0.1) is 6.92 Å². The van der Waals surface area contributed by atoms with Gasteiger partial charge in [-0.25, -0.2) is 0 Å². The smallest absolute Gasteiger partial charge is 0.258 e. The number of aryl methyl sites for hydroxylation is 2. The number of amides is 1. The van der Waals surface area contributed by atoms with Crippen LogP contribution in [0.2, 0.25) is 0 Å². The lowest BCUT2D eigenvalue weighted by atomic mass is 10.1. The molecule has 2 aromatic rings. The van der Waals surface area contributed by atoms with Gasteiger partial charge in [-0.15, -0.1) is 0 Å². The van der Waals surface area contributed by atoms with Gasteiger partial charge >= 0.3 is 0 Å². The van der Waals surface area contributed by atoms with Crippen LogP contribution in [0.1, 0.15) is 30.0 Å². The van der Waals surface area contributed by atoms with Gasteiger partial charge in [0.2, 0.25) is 0 Å². The van der Waals surface area contributed by atoms with Crippen LogP contribution in [-0.4, -0.2) is 50.3 Å². The van der Waals surface area contributed by atoms with Crippen LogP contribution in [0.25, 0.3) is 0 Å². The summed E-state index contributed by atoms with van der Waals surface area (Å²) in [5.74, 6) is 2.37. The highest BCUT2D eigenvalue weighted by atomic mass is 16.5. The number of carbonyl (C=O) groups is 1. The minimum Gasteiger partial charge on any atom is -0.483 e. The first kappa shape index (κ1) is 19.5. The molecule has 1 saturated heterocycles. The van der Waals surface area contributed by atoms with Crippen molar-refractivity contribution in [3.05, 3.63) is 53.5 Å². The Morgan fingerprint density at radius 1 is 1.22 bits per heavy atom. The molecule has 0 radical (unpaired) electrons. The number of nitrogens with zero attached hydrogens (tertiary/aromatic N) is 1. The fourth-order valence-electron chi connectivity index (χ4n) is 3.27. The molecule has 27 heavy (non-hydrogen) atoms. The zero-order valence-electron chi connectivity index (χ0n) is 16.1. The third kappa shape index (κ3) is 5.34. The zero-order valence-corrected chi connectivity index (χ0v) is 16.1. The van der Waals surface area contributed by atoms with Crippen molar-refractivity contribution in [3.63, 3.8) is 0 Å². The Hall–Kier alpha value is -2.31. The lowest BCUT2D eigenvalue weighted by Gasteiger charge is -2.33. The second-order valence-electron chi connectivity index (χ2n) is 6.67. The predicted octanol–water partition coefficient (Wildman–Crippen LogP) is 2.72. The molecule has 1 amide bonds. The van der Waals surface area contributed by atoms with E-state index in [0.717, 1.165) is 42.3 Å². The predicted molar refractivity (Wildman–Crippen MR) is 103 cm³/mol. The number of rotatable bonds is 8. The standard InChI is InChI=1S/C21H28N2O4/c1-3-17-6-4-5-7-19(17)26-15-21(24)22-14-18(20-9-8-16(2)27-20)23-10-12-25-13-11-23/h4-9,18H,3,10-15H2,1-2H3,(H,22,24). The van der Waals surface area contributed by atoms with Crippen molar-refractivity contribution in [2.45, 2.75) is 26.3 Å². The summed E-state index contributed by atoms with van der Waals surface area (Å²) in [6, 6.07) is 11.7. The molecule has 0 bridgehead atoms. The zero-order chi connectivity index (χ0) is 19.1. The first-order valence-electron chi connectivity index (χ1n) is 9.53. The van der Waals surface area contributed by atoms with Crippen molar-refractivity contribution in [2.75, 3.05) is 39.5 Å². The van der Waals surface area contributed by atoms with E-state index >= 15 is 0 Å². The maximum atomic E-state index is 12.3. The maximum Gasteiger partial charge on any atom is 0.258 e. The highest BCUT2D eigenvalue weighted by molar-refractivity contribution is 5.77. The number of carbonyl (C=O) groups excluding carboxylic acids is 1. The molecule has 1 aromatic heterocycles. The third-order valence-corrected chi connectivity index (χ3v) is 4.78. The monoisotopic (exact) mass is 372 g/mol. The van der Waals surface area contributed by atoms with E-state index in [1.54, 1.807) is 0 Å². The molecular weight excluding hydrogens is 344 g/mol. The average molecular weight is 372 g/mol. The van der Waals surface area contributed by atoms with Gasteiger partial charge in [-0.3, -0.25) is 9.69 Å². The van der Waals surface area contributed by atoms with Gasteiger partial charge in [0, 0.05) is 19.6 Å². The molecule has 0 saturated carbocycles. The second-order valence-corrected chi connectivity index (χ2v) is 6.67. The van der Waals surface area contributed by atoms with Crippen molar-refractivity contribution in [3.8, 4) is 5.75 Å².